The minimum atomic E-state index is 0.361. The van der Waals surface area contributed by atoms with E-state index in [1.54, 1.807) is 0 Å². The molecule has 1 unspecified atom stereocenters. The van der Waals surface area contributed by atoms with Crippen molar-refractivity contribution in [2.45, 2.75) is 58.0 Å². The van der Waals surface area contributed by atoms with Crippen molar-refractivity contribution in [3.63, 3.8) is 0 Å². The van der Waals surface area contributed by atoms with E-state index in [4.69, 9.17) is 5.73 Å². The molecule has 1 aromatic rings. The normalized spacial score (nSPS) is 24.9. The Morgan fingerprint density at radius 3 is 2.40 bits per heavy atom. The van der Waals surface area contributed by atoms with Gasteiger partial charge in [0, 0.05) is 18.6 Å². The number of benzene rings is 1. The maximum Gasteiger partial charge on any atom is 0.0472 e. The summed E-state index contributed by atoms with van der Waals surface area (Å²) in [7, 11) is 2.26. The first-order valence-electron chi connectivity index (χ1n) is 8.14. The fourth-order valence-corrected chi connectivity index (χ4v) is 3.69. The molecule has 20 heavy (non-hydrogen) atoms. The number of nitrogens with two attached hydrogens (primary N) is 1. The van der Waals surface area contributed by atoms with Crippen LogP contribution in [0.15, 0.2) is 24.3 Å². The standard InChI is InChI=1S/C18H30N2/c1-4-15-9-11-16(12-10-15)20(3)18(13-19)17-8-6-5-7-14(17)2/h5-8,15-16,18H,4,9-13,19H2,1-3H3. The summed E-state index contributed by atoms with van der Waals surface area (Å²) in [5.41, 5.74) is 8.85. The van der Waals surface area contributed by atoms with E-state index in [1.165, 1.54) is 43.2 Å². The summed E-state index contributed by atoms with van der Waals surface area (Å²) in [5, 5.41) is 0. The van der Waals surface area contributed by atoms with Gasteiger partial charge in [-0.1, -0.05) is 37.6 Å². The predicted molar refractivity (Wildman–Crippen MR) is 86.8 cm³/mol. The van der Waals surface area contributed by atoms with Gasteiger partial charge in [0.2, 0.25) is 0 Å². The number of hydrogen-bond acceptors (Lipinski definition) is 2. The lowest BCUT2D eigenvalue weighted by Crippen LogP contribution is -2.40. The van der Waals surface area contributed by atoms with Gasteiger partial charge in [0.15, 0.2) is 0 Å². The van der Waals surface area contributed by atoms with E-state index in [9.17, 15) is 0 Å². The van der Waals surface area contributed by atoms with Gasteiger partial charge >= 0.3 is 0 Å². The molecule has 0 radical (unpaired) electrons. The zero-order chi connectivity index (χ0) is 14.5. The topological polar surface area (TPSA) is 29.3 Å². The Hall–Kier alpha value is -0.860. The Bertz CT molecular complexity index is 408. The van der Waals surface area contributed by atoms with Gasteiger partial charge in [-0.25, -0.2) is 0 Å². The van der Waals surface area contributed by atoms with Crippen molar-refractivity contribution < 1.29 is 0 Å². The number of likely N-dealkylation sites (N-methyl/N-ethyl adjacent to an activating group) is 1. The zero-order valence-electron chi connectivity index (χ0n) is 13.3. The van der Waals surface area contributed by atoms with Crippen molar-refractivity contribution in [2.24, 2.45) is 11.7 Å². The Morgan fingerprint density at radius 1 is 1.20 bits per heavy atom. The quantitative estimate of drug-likeness (QED) is 0.882. The fraction of sp³-hybridized carbons (Fsp3) is 0.667. The molecule has 1 aromatic carbocycles. The Morgan fingerprint density at radius 2 is 1.85 bits per heavy atom. The second kappa shape index (κ2) is 7.24. The van der Waals surface area contributed by atoms with Crippen molar-refractivity contribution in [3.8, 4) is 0 Å². The van der Waals surface area contributed by atoms with Crippen LogP contribution in [0.3, 0.4) is 0 Å². The van der Waals surface area contributed by atoms with Crippen LogP contribution in [0, 0.1) is 12.8 Å². The highest BCUT2D eigenvalue weighted by molar-refractivity contribution is 5.29. The molecule has 0 amide bonds. The van der Waals surface area contributed by atoms with Gasteiger partial charge in [0.05, 0.1) is 0 Å². The van der Waals surface area contributed by atoms with Crippen molar-refractivity contribution >= 4 is 0 Å². The van der Waals surface area contributed by atoms with E-state index in [-0.39, 0.29) is 0 Å². The second-order valence-electron chi connectivity index (χ2n) is 6.36. The molecule has 2 N–H and O–H groups in total. The van der Waals surface area contributed by atoms with E-state index >= 15 is 0 Å². The summed E-state index contributed by atoms with van der Waals surface area (Å²) >= 11 is 0. The lowest BCUT2D eigenvalue weighted by Gasteiger charge is -2.39. The molecule has 1 atom stereocenters. The van der Waals surface area contributed by atoms with Gasteiger partial charge in [-0.2, -0.15) is 0 Å². The highest BCUT2D eigenvalue weighted by Crippen LogP contribution is 2.33. The smallest absolute Gasteiger partial charge is 0.0472 e. The highest BCUT2D eigenvalue weighted by Gasteiger charge is 2.28. The molecule has 2 nitrogen and oxygen atoms in total. The SMILES string of the molecule is CCC1CCC(N(C)C(CN)c2ccccc2C)CC1. The van der Waals surface area contributed by atoms with Gasteiger partial charge in [-0.3, -0.25) is 4.90 Å². The molecule has 0 bridgehead atoms. The monoisotopic (exact) mass is 274 g/mol. The van der Waals surface area contributed by atoms with Crippen molar-refractivity contribution in [1.82, 2.24) is 4.90 Å². The number of nitrogens with zero attached hydrogens (tertiary/aromatic N) is 1. The van der Waals surface area contributed by atoms with E-state index in [0.29, 0.717) is 18.6 Å². The zero-order valence-corrected chi connectivity index (χ0v) is 13.3. The summed E-state index contributed by atoms with van der Waals surface area (Å²) in [4.78, 5) is 2.54. The number of rotatable bonds is 5. The largest absolute Gasteiger partial charge is 0.329 e. The van der Waals surface area contributed by atoms with Gasteiger partial charge < -0.3 is 5.73 Å². The Kier molecular flexibility index (Phi) is 5.62. The van der Waals surface area contributed by atoms with Crippen LogP contribution in [-0.2, 0) is 0 Å². The summed E-state index contributed by atoms with van der Waals surface area (Å²) in [6.07, 6.45) is 6.77. The second-order valence-corrected chi connectivity index (χ2v) is 6.36. The molecule has 0 aromatic heterocycles. The van der Waals surface area contributed by atoms with Gasteiger partial charge in [-0.15, -0.1) is 0 Å². The average molecular weight is 274 g/mol. The first-order chi connectivity index (χ1) is 9.67. The Labute approximate surface area is 124 Å². The summed E-state index contributed by atoms with van der Waals surface area (Å²) in [6, 6.07) is 9.73. The van der Waals surface area contributed by atoms with Crippen LogP contribution in [0.4, 0.5) is 0 Å². The summed E-state index contributed by atoms with van der Waals surface area (Å²) in [5.74, 6) is 0.953. The number of hydrogen-bond donors (Lipinski definition) is 1. The molecular weight excluding hydrogens is 244 g/mol. The predicted octanol–water partition coefficient (Wildman–Crippen LogP) is 3.90. The molecule has 1 saturated carbocycles. The van der Waals surface area contributed by atoms with Crippen LogP contribution >= 0.6 is 0 Å². The van der Waals surface area contributed by atoms with E-state index in [2.05, 4.69) is 50.1 Å². The van der Waals surface area contributed by atoms with Crippen LogP contribution in [0.2, 0.25) is 0 Å². The van der Waals surface area contributed by atoms with Crippen LogP contribution in [0.1, 0.15) is 56.2 Å². The molecule has 1 aliphatic rings. The van der Waals surface area contributed by atoms with Crippen molar-refractivity contribution in [2.75, 3.05) is 13.6 Å². The first-order valence-corrected chi connectivity index (χ1v) is 8.14. The summed E-state index contributed by atoms with van der Waals surface area (Å²) in [6.45, 7) is 5.22. The molecule has 112 valence electrons. The third-order valence-electron chi connectivity index (χ3n) is 5.23. The van der Waals surface area contributed by atoms with E-state index in [1.807, 2.05) is 0 Å². The molecular formula is C18H30N2. The fourth-order valence-electron chi connectivity index (χ4n) is 3.69. The number of aryl methyl sites for hydroxylation is 1. The molecule has 0 heterocycles. The van der Waals surface area contributed by atoms with Crippen molar-refractivity contribution in [1.29, 1.82) is 0 Å². The molecule has 0 spiro atoms. The maximum atomic E-state index is 6.09. The van der Waals surface area contributed by atoms with Gasteiger partial charge in [0.1, 0.15) is 0 Å². The van der Waals surface area contributed by atoms with Crippen LogP contribution in [0.5, 0.6) is 0 Å². The molecule has 0 saturated heterocycles. The van der Waals surface area contributed by atoms with Crippen molar-refractivity contribution in [3.05, 3.63) is 35.4 Å². The average Bonchev–Trinajstić information content (AvgIpc) is 2.50. The lowest BCUT2D eigenvalue weighted by atomic mass is 9.83. The molecule has 2 heteroatoms. The van der Waals surface area contributed by atoms with Gasteiger partial charge in [-0.05, 0) is 56.7 Å². The van der Waals surface area contributed by atoms with E-state index in [0.717, 1.165) is 5.92 Å². The summed E-state index contributed by atoms with van der Waals surface area (Å²) < 4.78 is 0. The third kappa shape index (κ3) is 3.42. The van der Waals surface area contributed by atoms with Gasteiger partial charge in [0.25, 0.3) is 0 Å². The third-order valence-corrected chi connectivity index (χ3v) is 5.23. The Balaban J connectivity index is 2.06. The highest BCUT2D eigenvalue weighted by atomic mass is 15.2. The maximum absolute atomic E-state index is 6.09. The minimum absolute atomic E-state index is 0.361. The molecule has 1 fully saturated rings. The molecule has 0 aliphatic heterocycles. The van der Waals surface area contributed by atoms with Crippen LogP contribution in [0.25, 0.3) is 0 Å². The molecule has 1 aliphatic carbocycles. The molecule has 2 rings (SSSR count). The van der Waals surface area contributed by atoms with E-state index < -0.39 is 0 Å². The first kappa shape index (κ1) is 15.5. The lowest BCUT2D eigenvalue weighted by molar-refractivity contribution is 0.121. The minimum Gasteiger partial charge on any atom is -0.329 e. The van der Waals surface area contributed by atoms with Crippen LogP contribution < -0.4 is 5.73 Å². The van der Waals surface area contributed by atoms with Crippen LogP contribution in [-0.4, -0.2) is 24.5 Å².